The van der Waals surface area contributed by atoms with Crippen LogP contribution in [0.5, 0.6) is 0 Å². The Labute approximate surface area is 439 Å². The van der Waals surface area contributed by atoms with Crippen LogP contribution < -0.4 is 0 Å². The Kier molecular flexibility index (Phi) is 56.3. The van der Waals surface area contributed by atoms with Gasteiger partial charge in [0.1, 0.15) is 13.2 Å². The van der Waals surface area contributed by atoms with Crippen molar-refractivity contribution < 1.29 is 28.6 Å². The van der Waals surface area contributed by atoms with E-state index in [1.54, 1.807) is 6.08 Å². The van der Waals surface area contributed by atoms with Gasteiger partial charge in [0.05, 0.1) is 6.42 Å². The van der Waals surface area contributed by atoms with E-state index in [1.165, 1.54) is 173 Å². The average molecular weight is 990 g/mol. The highest BCUT2D eigenvalue weighted by Crippen LogP contribution is 2.16. The zero-order valence-corrected chi connectivity index (χ0v) is 46.7. The summed E-state index contributed by atoms with van der Waals surface area (Å²) in [5.41, 5.74) is 0. The number of ether oxygens (including phenoxy) is 3. The molecule has 0 bridgehead atoms. The van der Waals surface area contributed by atoms with Crippen LogP contribution in [0.3, 0.4) is 0 Å². The minimum absolute atomic E-state index is 0.0987. The number of carbonyl (C=O) groups excluding carboxylic acids is 3. The van der Waals surface area contributed by atoms with E-state index in [1.807, 2.05) is 6.08 Å². The standard InChI is InChI=1S/C65H112O6/c1-4-7-10-13-16-19-22-24-26-27-28-29-30-31-32-33-34-35-36-37-39-40-43-46-49-52-55-58-64(67)70-61-62(60-69-63(66)57-54-51-48-45-42-21-18-15-12-9-6-3)71-65(68)59-56-53-50-47-44-41-38-25-23-20-17-14-11-8-5-2/h8,11,17,20,22,24-25,27-28,38,44,47,53,56,62H,4-7,9-10,12-16,18-19,21,23,26,29-37,39-43,45-46,48-52,54-55,57-61H2,1-3H3/b11-8-,20-17-,24-22-,28-27-,38-25-,47-44-,56-53-. The maximum absolute atomic E-state index is 12.8. The van der Waals surface area contributed by atoms with Gasteiger partial charge in [-0.05, 0) is 77.0 Å². The van der Waals surface area contributed by atoms with Crippen LogP contribution >= 0.6 is 0 Å². The lowest BCUT2D eigenvalue weighted by Crippen LogP contribution is -2.30. The van der Waals surface area contributed by atoms with Crippen LogP contribution in [-0.2, 0) is 28.6 Å². The van der Waals surface area contributed by atoms with Gasteiger partial charge in [-0.15, -0.1) is 0 Å². The van der Waals surface area contributed by atoms with Gasteiger partial charge in [-0.25, -0.2) is 0 Å². The molecule has 6 heteroatoms. The van der Waals surface area contributed by atoms with Crippen molar-refractivity contribution in [3.05, 3.63) is 85.1 Å². The first-order chi connectivity index (χ1) is 35.0. The number of unbranched alkanes of at least 4 members (excludes halogenated alkanes) is 30. The molecule has 0 N–H and O–H groups in total. The molecule has 0 amide bonds. The zero-order valence-electron chi connectivity index (χ0n) is 46.7. The van der Waals surface area contributed by atoms with E-state index in [2.05, 4.69) is 93.7 Å². The highest BCUT2D eigenvalue weighted by atomic mass is 16.6. The minimum atomic E-state index is -0.828. The summed E-state index contributed by atoms with van der Waals surface area (Å²) in [5, 5.41) is 0. The molecule has 0 heterocycles. The van der Waals surface area contributed by atoms with Gasteiger partial charge < -0.3 is 14.2 Å². The van der Waals surface area contributed by atoms with E-state index in [9.17, 15) is 14.4 Å². The van der Waals surface area contributed by atoms with Gasteiger partial charge in [-0.2, -0.15) is 0 Å². The number of allylic oxidation sites excluding steroid dienone is 13. The fraction of sp³-hybridized carbons (Fsp3) is 0.738. The summed E-state index contributed by atoms with van der Waals surface area (Å²) in [5.74, 6) is -1.04. The van der Waals surface area contributed by atoms with Crippen LogP contribution in [0.1, 0.15) is 290 Å². The summed E-state index contributed by atoms with van der Waals surface area (Å²) in [6.45, 7) is 6.44. The van der Waals surface area contributed by atoms with Gasteiger partial charge in [0.25, 0.3) is 0 Å². The highest BCUT2D eigenvalue weighted by molar-refractivity contribution is 5.72. The number of esters is 3. The first kappa shape index (κ1) is 67.6. The van der Waals surface area contributed by atoms with Crippen LogP contribution in [0, 0.1) is 0 Å². The molecule has 0 aliphatic carbocycles. The van der Waals surface area contributed by atoms with Crippen molar-refractivity contribution in [2.75, 3.05) is 13.2 Å². The van der Waals surface area contributed by atoms with Gasteiger partial charge in [-0.1, -0.05) is 279 Å². The third kappa shape index (κ3) is 57.4. The van der Waals surface area contributed by atoms with Crippen molar-refractivity contribution in [3.63, 3.8) is 0 Å². The third-order valence-corrected chi connectivity index (χ3v) is 12.9. The van der Waals surface area contributed by atoms with Crippen molar-refractivity contribution in [2.24, 2.45) is 0 Å². The van der Waals surface area contributed by atoms with Crippen molar-refractivity contribution in [2.45, 2.75) is 297 Å². The van der Waals surface area contributed by atoms with Gasteiger partial charge in [-0.3, -0.25) is 14.4 Å². The second-order valence-electron chi connectivity index (χ2n) is 19.9. The lowest BCUT2D eigenvalue weighted by atomic mass is 10.0. The van der Waals surface area contributed by atoms with Gasteiger partial charge in [0.2, 0.25) is 0 Å². The summed E-state index contributed by atoms with van der Waals surface area (Å²) in [6.07, 6.45) is 77.6. The highest BCUT2D eigenvalue weighted by Gasteiger charge is 2.19. The fourth-order valence-corrected chi connectivity index (χ4v) is 8.43. The maximum Gasteiger partial charge on any atom is 0.310 e. The van der Waals surface area contributed by atoms with E-state index in [-0.39, 0.29) is 31.6 Å². The Balaban J connectivity index is 4.27. The van der Waals surface area contributed by atoms with Crippen molar-refractivity contribution in [1.82, 2.24) is 0 Å². The Morgan fingerprint density at radius 2 is 0.592 bits per heavy atom. The summed E-state index contributed by atoms with van der Waals surface area (Å²) >= 11 is 0. The molecule has 71 heavy (non-hydrogen) atoms. The normalized spacial score (nSPS) is 12.7. The Morgan fingerprint density at radius 1 is 0.310 bits per heavy atom. The van der Waals surface area contributed by atoms with E-state index < -0.39 is 12.1 Å². The molecule has 6 nitrogen and oxygen atoms in total. The smallest absolute Gasteiger partial charge is 0.310 e. The fourth-order valence-electron chi connectivity index (χ4n) is 8.43. The first-order valence-electron chi connectivity index (χ1n) is 30.1. The predicted molar refractivity (Wildman–Crippen MR) is 307 cm³/mol. The molecule has 0 radical (unpaired) electrons. The molecule has 0 aliphatic heterocycles. The molecule has 0 rings (SSSR count). The van der Waals surface area contributed by atoms with Gasteiger partial charge >= 0.3 is 17.9 Å². The van der Waals surface area contributed by atoms with Crippen molar-refractivity contribution in [3.8, 4) is 0 Å². The first-order valence-corrected chi connectivity index (χ1v) is 30.1. The second kappa shape index (κ2) is 59.2. The zero-order chi connectivity index (χ0) is 51.4. The van der Waals surface area contributed by atoms with Gasteiger partial charge in [0.15, 0.2) is 6.10 Å². The molecule has 1 unspecified atom stereocenters. The van der Waals surface area contributed by atoms with E-state index >= 15 is 0 Å². The molecule has 0 aromatic rings. The molecule has 0 saturated carbocycles. The van der Waals surface area contributed by atoms with Crippen LogP contribution in [0.4, 0.5) is 0 Å². The minimum Gasteiger partial charge on any atom is -0.462 e. The SMILES string of the molecule is CC/C=C\C/C=C\C/C=C\C/C=C\C/C=C\CC(=O)OC(COC(=O)CCCCCCCCCCCCC)COC(=O)CCCCCCCCCCCCCCCCC/C=C\C/C=C\CCCCCCC. The molecule has 0 fully saturated rings. The van der Waals surface area contributed by atoms with Crippen LogP contribution in [0.2, 0.25) is 0 Å². The second-order valence-corrected chi connectivity index (χ2v) is 19.9. The number of hydrogen-bond donors (Lipinski definition) is 0. The maximum atomic E-state index is 12.8. The van der Waals surface area contributed by atoms with Crippen LogP contribution in [-0.4, -0.2) is 37.2 Å². The summed E-state index contributed by atoms with van der Waals surface area (Å²) in [7, 11) is 0. The topological polar surface area (TPSA) is 78.9 Å². The van der Waals surface area contributed by atoms with E-state index in [0.717, 1.165) is 77.0 Å². The molecule has 0 saturated heterocycles. The largest absolute Gasteiger partial charge is 0.462 e. The molecule has 408 valence electrons. The molecule has 0 aromatic heterocycles. The van der Waals surface area contributed by atoms with Crippen molar-refractivity contribution >= 4 is 17.9 Å². The Bertz CT molecular complexity index is 1370. The van der Waals surface area contributed by atoms with Crippen LogP contribution in [0.25, 0.3) is 0 Å². The Hall–Kier alpha value is -3.41. The number of rotatable bonds is 54. The quantitative estimate of drug-likeness (QED) is 0.0261. The number of carbonyl (C=O) groups is 3. The Morgan fingerprint density at radius 3 is 0.930 bits per heavy atom. The van der Waals surface area contributed by atoms with Gasteiger partial charge in [0, 0.05) is 12.8 Å². The molecule has 0 aromatic carbocycles. The molecular weight excluding hydrogens is 877 g/mol. The van der Waals surface area contributed by atoms with Crippen molar-refractivity contribution in [1.29, 1.82) is 0 Å². The molecule has 1 atom stereocenters. The molecule has 0 aliphatic rings. The number of hydrogen-bond acceptors (Lipinski definition) is 6. The van der Waals surface area contributed by atoms with E-state index in [0.29, 0.717) is 12.8 Å². The summed E-state index contributed by atoms with van der Waals surface area (Å²) in [4.78, 5) is 38.0. The molecular formula is C65H112O6. The summed E-state index contributed by atoms with van der Waals surface area (Å²) in [6, 6.07) is 0. The third-order valence-electron chi connectivity index (χ3n) is 12.9. The average Bonchev–Trinajstić information content (AvgIpc) is 3.37. The lowest BCUT2D eigenvalue weighted by Gasteiger charge is -2.18. The molecule has 0 spiro atoms. The lowest BCUT2D eigenvalue weighted by molar-refractivity contribution is -0.166. The predicted octanol–water partition coefficient (Wildman–Crippen LogP) is 20.3. The summed E-state index contributed by atoms with van der Waals surface area (Å²) < 4.78 is 16.7. The monoisotopic (exact) mass is 989 g/mol. The van der Waals surface area contributed by atoms with E-state index in [4.69, 9.17) is 14.2 Å². The van der Waals surface area contributed by atoms with Crippen LogP contribution in [0.15, 0.2) is 85.1 Å².